The van der Waals surface area contributed by atoms with Crippen molar-refractivity contribution in [2.24, 2.45) is 0 Å². The molecular formula is C18H20N4O4S. The van der Waals surface area contributed by atoms with Gasteiger partial charge in [0.25, 0.3) is 5.91 Å². The number of carbonyl (C=O) groups excluding carboxylic acids is 2. The first-order chi connectivity index (χ1) is 13.2. The van der Waals surface area contributed by atoms with E-state index in [1.807, 2.05) is 17.5 Å². The number of aromatic nitrogens is 1. The quantitative estimate of drug-likeness (QED) is 0.810. The van der Waals surface area contributed by atoms with Gasteiger partial charge in [0.15, 0.2) is 11.2 Å². The highest BCUT2D eigenvalue weighted by atomic mass is 32.1. The van der Waals surface area contributed by atoms with Crippen LogP contribution in [0.4, 0.5) is 10.8 Å². The zero-order chi connectivity index (χ0) is 18.6. The van der Waals surface area contributed by atoms with Crippen molar-refractivity contribution in [3.05, 3.63) is 35.3 Å². The Hall–Kier alpha value is -2.49. The van der Waals surface area contributed by atoms with Crippen LogP contribution in [0, 0.1) is 0 Å². The van der Waals surface area contributed by atoms with Crippen LogP contribution in [0.2, 0.25) is 0 Å². The van der Waals surface area contributed by atoms with Gasteiger partial charge >= 0.3 is 0 Å². The van der Waals surface area contributed by atoms with Crippen molar-refractivity contribution in [1.29, 1.82) is 0 Å². The lowest BCUT2D eigenvalue weighted by molar-refractivity contribution is -0.128. The number of morpholine rings is 1. The van der Waals surface area contributed by atoms with Gasteiger partial charge in [-0.1, -0.05) is 12.1 Å². The highest BCUT2D eigenvalue weighted by Gasteiger charge is 2.29. The lowest BCUT2D eigenvalue weighted by Gasteiger charge is -2.25. The number of hydrogen-bond acceptors (Lipinski definition) is 7. The highest BCUT2D eigenvalue weighted by molar-refractivity contribution is 7.13. The Labute approximate surface area is 160 Å². The second-order valence-electron chi connectivity index (χ2n) is 6.38. The Morgan fingerprint density at radius 3 is 3.00 bits per heavy atom. The fraction of sp³-hybridized carbons (Fsp3) is 0.389. The lowest BCUT2D eigenvalue weighted by atomic mass is 10.1. The summed E-state index contributed by atoms with van der Waals surface area (Å²) in [5.74, 6) is -0.0604. The summed E-state index contributed by atoms with van der Waals surface area (Å²) in [7, 11) is 0. The molecule has 142 valence electrons. The second-order valence-corrected chi connectivity index (χ2v) is 7.23. The molecule has 1 aromatic carbocycles. The molecule has 8 nitrogen and oxygen atoms in total. The summed E-state index contributed by atoms with van der Waals surface area (Å²) in [6, 6.07) is 7.15. The molecule has 3 heterocycles. The molecule has 0 spiro atoms. The number of rotatable bonds is 5. The molecule has 27 heavy (non-hydrogen) atoms. The normalized spacial score (nSPS) is 19.7. The fourth-order valence-electron chi connectivity index (χ4n) is 2.99. The Bertz CT molecular complexity index is 834. The predicted octanol–water partition coefficient (Wildman–Crippen LogP) is 1.70. The number of hydrogen-bond donors (Lipinski definition) is 2. The van der Waals surface area contributed by atoms with E-state index in [1.54, 1.807) is 12.1 Å². The van der Waals surface area contributed by atoms with Crippen molar-refractivity contribution in [3.63, 3.8) is 0 Å². The van der Waals surface area contributed by atoms with Gasteiger partial charge in [0.05, 0.1) is 31.0 Å². The highest BCUT2D eigenvalue weighted by Crippen LogP contribution is 2.29. The molecule has 2 aromatic rings. The average Bonchev–Trinajstić information content (AvgIpc) is 3.10. The second kappa shape index (κ2) is 8.03. The topological polar surface area (TPSA) is 92.8 Å². The smallest absolute Gasteiger partial charge is 0.266 e. The van der Waals surface area contributed by atoms with Gasteiger partial charge < -0.3 is 20.1 Å². The molecule has 0 unspecified atom stereocenters. The minimum absolute atomic E-state index is 0.0709. The van der Waals surface area contributed by atoms with Crippen LogP contribution >= 0.6 is 11.3 Å². The minimum atomic E-state index is -0.854. The van der Waals surface area contributed by atoms with E-state index < -0.39 is 6.10 Å². The molecule has 2 aliphatic heterocycles. The lowest BCUT2D eigenvalue weighted by Crippen LogP contribution is -2.39. The van der Waals surface area contributed by atoms with Crippen LogP contribution in [-0.4, -0.2) is 54.1 Å². The van der Waals surface area contributed by atoms with Crippen LogP contribution in [-0.2, 0) is 20.9 Å². The molecule has 1 aromatic heterocycles. The fourth-order valence-corrected chi connectivity index (χ4v) is 3.71. The number of nitrogens with one attached hydrogen (secondary N) is 2. The number of para-hydroxylation sites is 2. The summed E-state index contributed by atoms with van der Waals surface area (Å²) in [6.07, 6.45) is -0.925. The van der Waals surface area contributed by atoms with Crippen molar-refractivity contribution in [2.45, 2.75) is 19.1 Å². The molecule has 2 amide bonds. The Balaban J connectivity index is 1.31. The summed E-state index contributed by atoms with van der Waals surface area (Å²) in [4.78, 5) is 31.2. The number of ether oxygens (including phenoxy) is 2. The van der Waals surface area contributed by atoms with E-state index in [0.717, 1.165) is 38.5 Å². The number of thiazole rings is 1. The van der Waals surface area contributed by atoms with Gasteiger partial charge in [-0.15, -0.1) is 11.3 Å². The first kappa shape index (κ1) is 17.9. The van der Waals surface area contributed by atoms with E-state index in [2.05, 4.69) is 20.5 Å². The van der Waals surface area contributed by atoms with Gasteiger partial charge in [-0.05, 0) is 12.1 Å². The molecule has 9 heteroatoms. The summed E-state index contributed by atoms with van der Waals surface area (Å²) in [5.41, 5.74) is 1.53. The van der Waals surface area contributed by atoms with Crippen molar-refractivity contribution in [2.75, 3.05) is 36.9 Å². The average molecular weight is 388 g/mol. The van der Waals surface area contributed by atoms with Crippen molar-refractivity contribution in [1.82, 2.24) is 9.88 Å². The third-order valence-corrected chi connectivity index (χ3v) is 5.17. The number of benzene rings is 1. The van der Waals surface area contributed by atoms with Crippen LogP contribution in [0.5, 0.6) is 5.75 Å². The van der Waals surface area contributed by atoms with E-state index in [9.17, 15) is 9.59 Å². The summed E-state index contributed by atoms with van der Waals surface area (Å²) in [6.45, 7) is 3.98. The molecule has 2 N–H and O–H groups in total. The van der Waals surface area contributed by atoms with Crippen molar-refractivity contribution in [3.8, 4) is 5.75 Å². The largest absolute Gasteiger partial charge is 0.478 e. The van der Waals surface area contributed by atoms with E-state index in [4.69, 9.17) is 9.47 Å². The Morgan fingerprint density at radius 2 is 2.15 bits per heavy atom. The maximum Gasteiger partial charge on any atom is 0.266 e. The maximum atomic E-state index is 12.3. The maximum absolute atomic E-state index is 12.3. The molecule has 2 aliphatic rings. The van der Waals surface area contributed by atoms with E-state index in [1.165, 1.54) is 11.3 Å². The van der Waals surface area contributed by atoms with Crippen LogP contribution < -0.4 is 15.4 Å². The van der Waals surface area contributed by atoms with Gasteiger partial charge in [-0.3, -0.25) is 14.5 Å². The van der Waals surface area contributed by atoms with E-state index in [0.29, 0.717) is 16.6 Å². The zero-order valence-electron chi connectivity index (χ0n) is 14.6. The minimum Gasteiger partial charge on any atom is -0.478 e. The summed E-state index contributed by atoms with van der Waals surface area (Å²) in [5, 5.41) is 7.98. The SMILES string of the molecule is O=C(C[C@H]1Oc2ccccc2NC1=O)Nc1nc(CN2CCOCC2)cs1. The van der Waals surface area contributed by atoms with Gasteiger partial charge in [0, 0.05) is 25.0 Å². The first-order valence-corrected chi connectivity index (χ1v) is 9.66. The molecule has 1 atom stereocenters. The van der Waals surface area contributed by atoms with Gasteiger partial charge in [0.1, 0.15) is 5.75 Å². The van der Waals surface area contributed by atoms with Crippen molar-refractivity contribution < 1.29 is 19.1 Å². The van der Waals surface area contributed by atoms with Crippen LogP contribution in [0.1, 0.15) is 12.1 Å². The molecule has 1 fully saturated rings. The summed E-state index contributed by atoms with van der Waals surface area (Å²) < 4.78 is 11.0. The number of amides is 2. The van der Waals surface area contributed by atoms with Crippen molar-refractivity contribution >= 4 is 34.0 Å². The number of carbonyl (C=O) groups is 2. The summed E-state index contributed by atoms with van der Waals surface area (Å²) >= 11 is 1.38. The molecule has 1 saturated heterocycles. The molecular weight excluding hydrogens is 368 g/mol. The van der Waals surface area contributed by atoms with Gasteiger partial charge in [-0.2, -0.15) is 0 Å². The van der Waals surface area contributed by atoms with E-state index >= 15 is 0 Å². The van der Waals surface area contributed by atoms with Crippen LogP contribution in [0.15, 0.2) is 29.6 Å². The third kappa shape index (κ3) is 4.44. The number of fused-ring (bicyclic) bond motifs is 1. The molecule has 0 radical (unpaired) electrons. The monoisotopic (exact) mass is 388 g/mol. The Morgan fingerprint density at radius 1 is 1.33 bits per heavy atom. The number of anilines is 2. The molecule has 0 saturated carbocycles. The van der Waals surface area contributed by atoms with Crippen LogP contribution in [0.25, 0.3) is 0 Å². The predicted molar refractivity (Wildman–Crippen MR) is 101 cm³/mol. The van der Waals surface area contributed by atoms with Crippen LogP contribution in [0.3, 0.4) is 0 Å². The first-order valence-electron chi connectivity index (χ1n) is 8.78. The Kier molecular flexibility index (Phi) is 5.33. The standard InChI is InChI=1S/C18H20N4O4S/c23-16(9-15-17(24)20-13-3-1-2-4-14(13)26-15)21-18-19-12(11-27-18)10-22-5-7-25-8-6-22/h1-4,11,15H,5-10H2,(H,20,24)(H,19,21,23)/t15-/m1/s1. The number of nitrogens with zero attached hydrogens (tertiary/aromatic N) is 2. The zero-order valence-corrected chi connectivity index (χ0v) is 15.5. The molecule has 0 aliphatic carbocycles. The third-order valence-electron chi connectivity index (χ3n) is 4.36. The molecule has 4 rings (SSSR count). The van der Waals surface area contributed by atoms with Gasteiger partial charge in [-0.25, -0.2) is 4.98 Å². The van der Waals surface area contributed by atoms with E-state index in [-0.39, 0.29) is 18.2 Å². The van der Waals surface area contributed by atoms with Gasteiger partial charge in [0.2, 0.25) is 5.91 Å². The molecule has 0 bridgehead atoms.